The fraction of sp³-hybridized carbons (Fsp3) is 0.472. The normalized spacial score (nSPS) is 16.2. The summed E-state index contributed by atoms with van der Waals surface area (Å²) in [5.41, 5.74) is 1.39. The Morgan fingerprint density at radius 2 is 1.52 bits per heavy atom. The summed E-state index contributed by atoms with van der Waals surface area (Å²) in [4.78, 5) is 57.1. The molecule has 4 rings (SSSR count). The lowest BCUT2D eigenvalue weighted by Crippen LogP contribution is -2.55. The Hall–Kier alpha value is -4.45. The molecule has 1 aliphatic heterocycles. The first kappa shape index (κ1) is 36.4. The zero-order valence-corrected chi connectivity index (χ0v) is 28.5. The Balaban J connectivity index is 1.57. The van der Waals surface area contributed by atoms with E-state index in [0.717, 1.165) is 0 Å². The highest BCUT2D eigenvalue weighted by molar-refractivity contribution is 6.00. The van der Waals surface area contributed by atoms with Crippen LogP contribution in [0.4, 0.5) is 14.5 Å². The molecular formula is C36H46F2N6O4. The van der Waals surface area contributed by atoms with Crippen LogP contribution in [0.15, 0.2) is 54.7 Å². The highest BCUT2D eigenvalue weighted by atomic mass is 19.1. The van der Waals surface area contributed by atoms with Gasteiger partial charge in [-0.1, -0.05) is 39.0 Å². The third-order valence-electron chi connectivity index (χ3n) is 9.18. The van der Waals surface area contributed by atoms with Crippen molar-refractivity contribution in [3.8, 4) is 0 Å². The van der Waals surface area contributed by atoms with E-state index in [1.165, 1.54) is 30.5 Å². The van der Waals surface area contributed by atoms with Crippen LogP contribution in [0, 0.1) is 17.6 Å². The van der Waals surface area contributed by atoms with Gasteiger partial charge in [0.1, 0.15) is 23.4 Å². The van der Waals surface area contributed by atoms with Gasteiger partial charge in [-0.2, -0.15) is 5.10 Å². The van der Waals surface area contributed by atoms with Gasteiger partial charge in [0, 0.05) is 57.2 Å². The third-order valence-corrected chi connectivity index (χ3v) is 9.18. The van der Waals surface area contributed by atoms with Crippen LogP contribution in [0.2, 0.25) is 0 Å². The summed E-state index contributed by atoms with van der Waals surface area (Å²) in [6, 6.07) is 10.6. The van der Waals surface area contributed by atoms with Crippen LogP contribution in [-0.4, -0.2) is 82.4 Å². The number of anilines is 1. The summed E-state index contributed by atoms with van der Waals surface area (Å²) in [6.07, 6.45) is 1.53. The smallest absolute Gasteiger partial charge is 0.245 e. The number of amides is 3. The minimum absolute atomic E-state index is 0.0810. The van der Waals surface area contributed by atoms with Crippen molar-refractivity contribution in [3.05, 3.63) is 83.2 Å². The molecule has 0 aliphatic carbocycles. The minimum atomic E-state index is -0.925. The molecule has 10 nitrogen and oxygen atoms in total. The second-order valence-electron chi connectivity index (χ2n) is 12.9. The maximum Gasteiger partial charge on any atom is 0.245 e. The molecule has 48 heavy (non-hydrogen) atoms. The van der Waals surface area contributed by atoms with Gasteiger partial charge in [0.05, 0.1) is 11.6 Å². The van der Waals surface area contributed by atoms with E-state index in [4.69, 9.17) is 0 Å². The monoisotopic (exact) mass is 664 g/mol. The van der Waals surface area contributed by atoms with Crippen molar-refractivity contribution in [2.24, 2.45) is 5.92 Å². The highest BCUT2D eigenvalue weighted by Crippen LogP contribution is 2.31. The van der Waals surface area contributed by atoms with Crippen molar-refractivity contribution in [2.75, 3.05) is 38.5 Å². The molecule has 258 valence electrons. The number of nitrogens with zero attached hydrogens (tertiary/aromatic N) is 4. The topological polar surface area (TPSA) is 117 Å². The summed E-state index contributed by atoms with van der Waals surface area (Å²) < 4.78 is 31.0. The van der Waals surface area contributed by atoms with E-state index in [1.54, 1.807) is 54.6 Å². The first-order valence-corrected chi connectivity index (χ1v) is 16.5. The number of aromatic nitrogens is 2. The highest BCUT2D eigenvalue weighted by Gasteiger charge is 2.34. The number of ketones is 1. The first-order valence-electron chi connectivity index (χ1n) is 16.5. The Labute approximate surface area is 280 Å². The van der Waals surface area contributed by atoms with Gasteiger partial charge in [-0.15, -0.1) is 0 Å². The molecule has 4 atom stereocenters. The number of Topliss-reactive ketones (excluding diaryl/α,β-unsaturated/α-hetero) is 1. The number of nitrogens with one attached hydrogen (secondary N) is 2. The van der Waals surface area contributed by atoms with Crippen molar-refractivity contribution in [1.29, 1.82) is 0 Å². The van der Waals surface area contributed by atoms with E-state index < -0.39 is 41.3 Å². The standard InChI is InChI=1S/C36H46F2N6O4/c1-7-33(46)41-34(36(48)43-18-16-42(6)17-19-43)24(5)26-10-13-30(29(38)20-26)40-35(47)28(23(4)25-8-11-27(37)12-9-25)21-32(45)31-14-15-39-44(31)22(2)3/h8-15,20,22-24,28,34H,7,16-19,21H2,1-6H3,(H,40,47)(H,41,46)/t23?,24-,28?,34+/m0/s1. The van der Waals surface area contributed by atoms with Gasteiger partial charge in [-0.3, -0.25) is 23.9 Å². The summed E-state index contributed by atoms with van der Waals surface area (Å²) in [5, 5.41) is 9.72. The maximum atomic E-state index is 15.7. The summed E-state index contributed by atoms with van der Waals surface area (Å²) >= 11 is 0. The fourth-order valence-electron chi connectivity index (χ4n) is 5.98. The van der Waals surface area contributed by atoms with Crippen LogP contribution >= 0.6 is 0 Å². The molecule has 1 aliphatic rings. The minimum Gasteiger partial charge on any atom is -0.344 e. The number of benzene rings is 2. The van der Waals surface area contributed by atoms with Crippen LogP contribution in [-0.2, 0) is 14.4 Å². The number of likely N-dealkylation sites (N-methyl/N-ethyl adjacent to an activating group) is 1. The molecule has 0 spiro atoms. The third kappa shape index (κ3) is 8.71. The predicted octanol–water partition coefficient (Wildman–Crippen LogP) is 5.15. The zero-order chi connectivity index (χ0) is 35.1. The lowest BCUT2D eigenvalue weighted by Gasteiger charge is -2.36. The number of hydrogen-bond acceptors (Lipinski definition) is 6. The molecule has 3 amide bonds. The summed E-state index contributed by atoms with van der Waals surface area (Å²) in [7, 11) is 1.98. The Morgan fingerprint density at radius 1 is 0.875 bits per heavy atom. The first-order chi connectivity index (χ1) is 22.8. The van der Waals surface area contributed by atoms with Gasteiger partial charge < -0.3 is 20.4 Å². The molecule has 1 aromatic heterocycles. The SMILES string of the molecule is CCC(=O)N[C@@H](C(=O)N1CCN(C)CC1)[C@@H](C)c1ccc(NC(=O)C(CC(=O)c2ccnn2C(C)C)C(C)c2ccc(F)cc2)c(F)c1. The molecule has 0 radical (unpaired) electrons. The van der Waals surface area contributed by atoms with Crippen LogP contribution in [0.3, 0.4) is 0 Å². The molecule has 2 N–H and O–H groups in total. The van der Waals surface area contributed by atoms with E-state index in [9.17, 15) is 23.6 Å². The van der Waals surface area contributed by atoms with E-state index in [1.807, 2.05) is 20.9 Å². The summed E-state index contributed by atoms with van der Waals surface area (Å²) in [6.45, 7) is 11.5. The van der Waals surface area contributed by atoms with E-state index >= 15 is 4.39 Å². The van der Waals surface area contributed by atoms with E-state index in [-0.39, 0.29) is 42.2 Å². The lowest BCUT2D eigenvalue weighted by molar-refractivity contribution is -0.138. The van der Waals surface area contributed by atoms with Gasteiger partial charge in [-0.25, -0.2) is 8.78 Å². The zero-order valence-electron chi connectivity index (χ0n) is 28.5. The van der Waals surface area contributed by atoms with Crippen LogP contribution in [0.1, 0.15) is 87.0 Å². The van der Waals surface area contributed by atoms with E-state index in [2.05, 4.69) is 20.6 Å². The average Bonchev–Trinajstić information content (AvgIpc) is 3.57. The molecule has 1 fully saturated rings. The molecule has 0 bridgehead atoms. The quantitative estimate of drug-likeness (QED) is 0.245. The molecule has 2 unspecified atom stereocenters. The van der Waals surface area contributed by atoms with Crippen LogP contribution < -0.4 is 10.6 Å². The number of carbonyl (C=O) groups excluding carboxylic acids is 4. The maximum absolute atomic E-state index is 15.7. The van der Waals surface area contributed by atoms with Gasteiger partial charge in [0.15, 0.2) is 5.78 Å². The molecule has 3 aromatic rings. The average molecular weight is 665 g/mol. The van der Waals surface area contributed by atoms with Gasteiger partial charge in [-0.05, 0) is 68.3 Å². The lowest BCUT2D eigenvalue weighted by atomic mass is 9.83. The van der Waals surface area contributed by atoms with Crippen LogP contribution in [0.25, 0.3) is 0 Å². The summed E-state index contributed by atoms with van der Waals surface area (Å²) in [5.74, 6) is -4.55. The molecule has 2 aromatic carbocycles. The molecule has 12 heteroatoms. The predicted molar refractivity (Wildman–Crippen MR) is 180 cm³/mol. The molecule has 2 heterocycles. The van der Waals surface area contributed by atoms with Crippen molar-refractivity contribution >= 4 is 29.2 Å². The van der Waals surface area contributed by atoms with Gasteiger partial charge in [0.2, 0.25) is 17.7 Å². The number of piperazine rings is 1. The number of rotatable bonds is 13. The Bertz CT molecular complexity index is 1600. The fourth-order valence-corrected chi connectivity index (χ4v) is 5.98. The van der Waals surface area contributed by atoms with Crippen molar-refractivity contribution in [1.82, 2.24) is 24.9 Å². The largest absolute Gasteiger partial charge is 0.344 e. The molecular weight excluding hydrogens is 618 g/mol. The van der Waals surface area contributed by atoms with Gasteiger partial charge in [0.25, 0.3) is 0 Å². The molecule has 0 saturated carbocycles. The second-order valence-corrected chi connectivity index (χ2v) is 12.9. The number of halogens is 2. The Kier molecular flexibility index (Phi) is 12.2. The van der Waals surface area contributed by atoms with Crippen molar-refractivity contribution in [3.63, 3.8) is 0 Å². The van der Waals surface area contributed by atoms with Crippen molar-refractivity contribution in [2.45, 2.75) is 71.4 Å². The second kappa shape index (κ2) is 16.1. The molecule has 1 saturated heterocycles. The van der Waals surface area contributed by atoms with E-state index in [0.29, 0.717) is 43.0 Å². The van der Waals surface area contributed by atoms with Crippen molar-refractivity contribution < 1.29 is 28.0 Å². The van der Waals surface area contributed by atoms with Crippen LogP contribution in [0.5, 0.6) is 0 Å². The van der Waals surface area contributed by atoms with Gasteiger partial charge >= 0.3 is 0 Å². The number of hydrogen-bond donors (Lipinski definition) is 2. The number of carbonyl (C=O) groups is 4. The Morgan fingerprint density at radius 3 is 2.12 bits per heavy atom.